The number of allylic oxidation sites excluding steroid dienone is 2. The molecule has 0 aromatic rings. The number of carbonyl (C=O) groups excluding carboxylic acids is 1. The van der Waals surface area contributed by atoms with E-state index in [0.717, 1.165) is 12.2 Å². The zero-order chi connectivity index (χ0) is 11.1. The Kier molecular flexibility index (Phi) is 6.26. The summed E-state index contributed by atoms with van der Waals surface area (Å²) in [6.07, 6.45) is 3.07. The minimum atomic E-state index is 0.164. The largest absolute Gasteiger partial charge is 0.501 e. The molecule has 0 N–H and O–H groups in total. The first kappa shape index (κ1) is 13.2. The van der Waals surface area contributed by atoms with Crippen LogP contribution in [0.15, 0.2) is 11.8 Å². The van der Waals surface area contributed by atoms with E-state index in [2.05, 4.69) is 13.8 Å². The predicted molar refractivity (Wildman–Crippen MR) is 59.0 cm³/mol. The molecule has 0 heterocycles. The highest BCUT2D eigenvalue weighted by Crippen LogP contribution is 2.12. The highest BCUT2D eigenvalue weighted by Gasteiger charge is 2.06. The minimum absolute atomic E-state index is 0.164. The topological polar surface area (TPSA) is 26.3 Å². The number of ether oxygens (including phenoxy) is 1. The third kappa shape index (κ3) is 6.70. The molecule has 2 heteroatoms. The van der Waals surface area contributed by atoms with Crippen molar-refractivity contribution in [2.24, 2.45) is 11.8 Å². The van der Waals surface area contributed by atoms with Gasteiger partial charge in [-0.2, -0.15) is 0 Å². The molecule has 0 atom stereocenters. The van der Waals surface area contributed by atoms with Crippen LogP contribution in [0.4, 0.5) is 0 Å². The summed E-state index contributed by atoms with van der Waals surface area (Å²) in [6, 6.07) is 0. The van der Waals surface area contributed by atoms with Gasteiger partial charge in [-0.1, -0.05) is 27.7 Å². The van der Waals surface area contributed by atoms with Crippen molar-refractivity contribution >= 4 is 5.78 Å². The van der Waals surface area contributed by atoms with Crippen LogP contribution < -0.4 is 0 Å². The summed E-state index contributed by atoms with van der Waals surface area (Å²) in [5.74, 6) is 1.90. The van der Waals surface area contributed by atoms with Gasteiger partial charge in [-0.15, -0.1) is 0 Å². The lowest BCUT2D eigenvalue weighted by Crippen LogP contribution is -2.02. The molecule has 0 aromatic carbocycles. The quantitative estimate of drug-likeness (QED) is 0.484. The fraction of sp³-hybridized carbons (Fsp3) is 0.750. The molecular formula is C12H22O2. The highest BCUT2D eigenvalue weighted by molar-refractivity contribution is 5.90. The van der Waals surface area contributed by atoms with Gasteiger partial charge in [0.2, 0.25) is 0 Å². The Morgan fingerprint density at radius 1 is 1.14 bits per heavy atom. The Morgan fingerprint density at radius 3 is 2.00 bits per heavy atom. The lowest BCUT2D eigenvalue weighted by Gasteiger charge is -2.08. The van der Waals surface area contributed by atoms with Crippen molar-refractivity contribution in [2.75, 3.05) is 7.11 Å². The lowest BCUT2D eigenvalue weighted by atomic mass is 10.0. The summed E-state index contributed by atoms with van der Waals surface area (Å²) in [6.45, 7) is 8.31. The molecule has 0 amide bonds. The normalized spacial score (nSPS) is 12.4. The Bertz CT molecular complexity index is 202. The Hall–Kier alpha value is -0.790. The molecule has 0 saturated carbocycles. The van der Waals surface area contributed by atoms with E-state index in [9.17, 15) is 4.79 Å². The fourth-order valence-electron chi connectivity index (χ4n) is 1.24. The molecule has 0 saturated heterocycles. The van der Waals surface area contributed by atoms with Crippen LogP contribution in [0.1, 0.15) is 40.5 Å². The summed E-state index contributed by atoms with van der Waals surface area (Å²) in [5.41, 5.74) is 0. The van der Waals surface area contributed by atoms with E-state index in [4.69, 9.17) is 4.74 Å². The van der Waals surface area contributed by atoms with E-state index >= 15 is 0 Å². The average Bonchev–Trinajstić information content (AvgIpc) is 2.00. The van der Waals surface area contributed by atoms with Gasteiger partial charge in [-0.05, 0) is 11.8 Å². The maximum absolute atomic E-state index is 11.4. The Labute approximate surface area is 87.3 Å². The van der Waals surface area contributed by atoms with E-state index in [1.165, 1.54) is 0 Å². The van der Waals surface area contributed by atoms with Gasteiger partial charge in [-0.25, -0.2) is 0 Å². The van der Waals surface area contributed by atoms with Gasteiger partial charge < -0.3 is 4.74 Å². The maximum atomic E-state index is 11.4. The van der Waals surface area contributed by atoms with Crippen molar-refractivity contribution in [2.45, 2.75) is 40.5 Å². The zero-order valence-corrected chi connectivity index (χ0v) is 9.96. The Balaban J connectivity index is 4.21. The molecule has 0 rings (SSSR count). The fourth-order valence-corrected chi connectivity index (χ4v) is 1.24. The molecule has 2 nitrogen and oxygen atoms in total. The summed E-state index contributed by atoms with van der Waals surface area (Å²) in [5, 5.41) is 0. The third-order valence-corrected chi connectivity index (χ3v) is 1.80. The van der Waals surface area contributed by atoms with Crippen LogP contribution in [0, 0.1) is 11.8 Å². The molecule has 0 spiro atoms. The van der Waals surface area contributed by atoms with Gasteiger partial charge in [0.25, 0.3) is 0 Å². The first-order valence-corrected chi connectivity index (χ1v) is 5.23. The second-order valence-corrected chi connectivity index (χ2v) is 4.48. The molecule has 0 aliphatic heterocycles. The molecular weight excluding hydrogens is 176 g/mol. The molecule has 0 aliphatic carbocycles. The second-order valence-electron chi connectivity index (χ2n) is 4.48. The van der Waals surface area contributed by atoms with E-state index in [0.29, 0.717) is 18.3 Å². The first-order valence-electron chi connectivity index (χ1n) is 5.23. The van der Waals surface area contributed by atoms with E-state index in [-0.39, 0.29) is 5.78 Å². The zero-order valence-electron chi connectivity index (χ0n) is 9.96. The number of rotatable bonds is 6. The lowest BCUT2D eigenvalue weighted by molar-refractivity contribution is -0.115. The van der Waals surface area contributed by atoms with Gasteiger partial charge in [0.05, 0.1) is 12.9 Å². The van der Waals surface area contributed by atoms with Crippen molar-refractivity contribution in [1.82, 2.24) is 0 Å². The van der Waals surface area contributed by atoms with E-state index < -0.39 is 0 Å². The molecule has 14 heavy (non-hydrogen) atoms. The molecule has 0 fully saturated rings. The van der Waals surface area contributed by atoms with Crippen molar-refractivity contribution in [3.8, 4) is 0 Å². The van der Waals surface area contributed by atoms with Crippen LogP contribution in [-0.4, -0.2) is 12.9 Å². The number of hydrogen-bond donors (Lipinski definition) is 0. The smallest absolute Gasteiger partial charge is 0.159 e. The molecule has 82 valence electrons. The number of hydrogen-bond acceptors (Lipinski definition) is 2. The monoisotopic (exact) mass is 198 g/mol. The van der Waals surface area contributed by atoms with Crippen LogP contribution in [0.2, 0.25) is 0 Å². The van der Waals surface area contributed by atoms with Crippen LogP contribution in [0.3, 0.4) is 0 Å². The number of methoxy groups -OCH3 is 1. The number of ketones is 1. The summed E-state index contributed by atoms with van der Waals surface area (Å²) in [4.78, 5) is 11.4. The second kappa shape index (κ2) is 6.63. The van der Waals surface area contributed by atoms with Crippen molar-refractivity contribution in [1.29, 1.82) is 0 Å². The standard InChI is InChI=1S/C12H22O2/c1-9(2)6-11(13)8-12(14-5)7-10(3)4/h8-10H,6-7H2,1-5H3/b12-8-. The molecule has 0 aromatic heterocycles. The van der Waals surface area contributed by atoms with Crippen LogP contribution in [-0.2, 0) is 9.53 Å². The van der Waals surface area contributed by atoms with E-state index in [1.807, 2.05) is 13.8 Å². The van der Waals surface area contributed by atoms with Crippen molar-refractivity contribution in [3.63, 3.8) is 0 Å². The van der Waals surface area contributed by atoms with Crippen molar-refractivity contribution in [3.05, 3.63) is 11.8 Å². The summed E-state index contributed by atoms with van der Waals surface area (Å²) < 4.78 is 5.15. The third-order valence-electron chi connectivity index (χ3n) is 1.80. The summed E-state index contributed by atoms with van der Waals surface area (Å²) >= 11 is 0. The van der Waals surface area contributed by atoms with Gasteiger partial charge in [0.1, 0.15) is 0 Å². The summed E-state index contributed by atoms with van der Waals surface area (Å²) in [7, 11) is 1.62. The molecule has 0 unspecified atom stereocenters. The van der Waals surface area contributed by atoms with Gasteiger partial charge in [-0.3, -0.25) is 4.79 Å². The molecule has 0 bridgehead atoms. The van der Waals surface area contributed by atoms with Gasteiger partial charge >= 0.3 is 0 Å². The first-order chi connectivity index (χ1) is 6.45. The van der Waals surface area contributed by atoms with Crippen LogP contribution in [0.5, 0.6) is 0 Å². The van der Waals surface area contributed by atoms with Gasteiger partial charge in [0, 0.05) is 18.9 Å². The molecule has 0 aliphatic rings. The average molecular weight is 198 g/mol. The predicted octanol–water partition coefficient (Wildman–Crippen LogP) is 3.18. The van der Waals surface area contributed by atoms with E-state index in [1.54, 1.807) is 13.2 Å². The van der Waals surface area contributed by atoms with Crippen molar-refractivity contribution < 1.29 is 9.53 Å². The Morgan fingerprint density at radius 2 is 1.64 bits per heavy atom. The molecule has 0 radical (unpaired) electrons. The number of carbonyl (C=O) groups is 1. The minimum Gasteiger partial charge on any atom is -0.501 e. The van der Waals surface area contributed by atoms with Crippen LogP contribution >= 0.6 is 0 Å². The SMILES string of the molecule is CO/C(=C\C(=O)CC(C)C)CC(C)C. The highest BCUT2D eigenvalue weighted by atomic mass is 16.5. The van der Waals surface area contributed by atoms with Gasteiger partial charge in [0.15, 0.2) is 5.78 Å². The van der Waals surface area contributed by atoms with Crippen LogP contribution in [0.25, 0.3) is 0 Å². The maximum Gasteiger partial charge on any atom is 0.159 e.